The van der Waals surface area contributed by atoms with Crippen LogP contribution in [0.4, 0.5) is 0 Å². The Kier molecular flexibility index (Phi) is 4.38. The van der Waals surface area contributed by atoms with Crippen LogP contribution in [0, 0.1) is 0 Å². The molecule has 2 aliphatic heterocycles. The fraction of sp³-hybridized carbons (Fsp3) is 0.933. The number of nitrogens with one attached hydrogen (secondary N) is 1. The van der Waals surface area contributed by atoms with Crippen LogP contribution in [0.15, 0.2) is 0 Å². The van der Waals surface area contributed by atoms with E-state index < -0.39 is 0 Å². The van der Waals surface area contributed by atoms with Crippen molar-refractivity contribution in [2.24, 2.45) is 0 Å². The Balaban J connectivity index is 1.44. The van der Waals surface area contributed by atoms with Crippen LogP contribution in [0.1, 0.15) is 44.9 Å². The third-order valence-electron chi connectivity index (χ3n) is 5.09. The SMILES string of the molecule is O=C(CNC1CCCC1)N1CCN2CCCCC2C1. The van der Waals surface area contributed by atoms with Gasteiger partial charge in [0, 0.05) is 31.7 Å². The normalized spacial score (nSPS) is 29.5. The van der Waals surface area contributed by atoms with Crippen LogP contribution in [0.25, 0.3) is 0 Å². The van der Waals surface area contributed by atoms with Gasteiger partial charge in [-0.05, 0) is 32.2 Å². The quantitative estimate of drug-likeness (QED) is 0.833. The van der Waals surface area contributed by atoms with Crippen molar-refractivity contribution in [1.82, 2.24) is 15.1 Å². The summed E-state index contributed by atoms with van der Waals surface area (Å²) in [5, 5.41) is 3.45. The number of rotatable bonds is 3. The lowest BCUT2D eigenvalue weighted by atomic mass is 9.99. The summed E-state index contributed by atoms with van der Waals surface area (Å²) in [7, 11) is 0. The minimum absolute atomic E-state index is 0.317. The highest BCUT2D eigenvalue weighted by atomic mass is 16.2. The van der Waals surface area contributed by atoms with Crippen molar-refractivity contribution in [2.45, 2.75) is 57.0 Å². The van der Waals surface area contributed by atoms with Crippen LogP contribution < -0.4 is 5.32 Å². The summed E-state index contributed by atoms with van der Waals surface area (Å²) in [4.78, 5) is 16.9. The minimum Gasteiger partial charge on any atom is -0.339 e. The van der Waals surface area contributed by atoms with Gasteiger partial charge in [0.15, 0.2) is 0 Å². The highest BCUT2D eigenvalue weighted by molar-refractivity contribution is 5.78. The van der Waals surface area contributed by atoms with Gasteiger partial charge in [-0.15, -0.1) is 0 Å². The van der Waals surface area contributed by atoms with Gasteiger partial charge in [-0.2, -0.15) is 0 Å². The Labute approximate surface area is 116 Å². The van der Waals surface area contributed by atoms with E-state index in [-0.39, 0.29) is 0 Å². The van der Waals surface area contributed by atoms with Crippen LogP contribution in [0.3, 0.4) is 0 Å². The van der Waals surface area contributed by atoms with Crippen molar-refractivity contribution >= 4 is 5.91 Å². The smallest absolute Gasteiger partial charge is 0.236 e. The predicted octanol–water partition coefficient (Wildman–Crippen LogP) is 1.22. The number of amides is 1. The third kappa shape index (κ3) is 3.29. The van der Waals surface area contributed by atoms with Gasteiger partial charge < -0.3 is 10.2 Å². The Morgan fingerprint density at radius 2 is 1.79 bits per heavy atom. The van der Waals surface area contributed by atoms with Crippen molar-refractivity contribution in [3.8, 4) is 0 Å². The average Bonchev–Trinajstić information content (AvgIpc) is 2.97. The second-order valence-electron chi connectivity index (χ2n) is 6.39. The van der Waals surface area contributed by atoms with E-state index in [2.05, 4.69) is 15.1 Å². The van der Waals surface area contributed by atoms with Gasteiger partial charge in [0.1, 0.15) is 0 Å². The van der Waals surface area contributed by atoms with Gasteiger partial charge in [0.2, 0.25) is 5.91 Å². The first-order valence-electron chi connectivity index (χ1n) is 8.08. The maximum atomic E-state index is 12.3. The fourth-order valence-electron chi connectivity index (χ4n) is 3.86. The van der Waals surface area contributed by atoms with E-state index in [4.69, 9.17) is 0 Å². The number of fused-ring (bicyclic) bond motifs is 1. The van der Waals surface area contributed by atoms with E-state index in [1.54, 1.807) is 0 Å². The number of hydrogen-bond donors (Lipinski definition) is 1. The van der Waals surface area contributed by atoms with Crippen LogP contribution in [-0.4, -0.2) is 60.5 Å². The number of piperazine rings is 1. The molecule has 108 valence electrons. The van der Waals surface area contributed by atoms with Crippen molar-refractivity contribution in [3.63, 3.8) is 0 Å². The lowest BCUT2D eigenvalue weighted by Crippen LogP contribution is -2.57. The molecule has 2 saturated heterocycles. The molecule has 1 amide bonds. The Morgan fingerprint density at radius 1 is 1.00 bits per heavy atom. The van der Waals surface area contributed by atoms with E-state index in [0.29, 0.717) is 24.5 Å². The molecule has 1 saturated carbocycles. The van der Waals surface area contributed by atoms with E-state index in [0.717, 1.165) is 19.6 Å². The number of carbonyl (C=O) groups is 1. The molecular weight excluding hydrogens is 238 g/mol. The topological polar surface area (TPSA) is 35.6 Å². The largest absolute Gasteiger partial charge is 0.339 e. The molecule has 3 fully saturated rings. The van der Waals surface area contributed by atoms with Gasteiger partial charge in [-0.25, -0.2) is 0 Å². The molecule has 3 aliphatic rings. The molecule has 1 unspecified atom stereocenters. The minimum atomic E-state index is 0.317. The maximum absolute atomic E-state index is 12.3. The summed E-state index contributed by atoms with van der Waals surface area (Å²) in [6.07, 6.45) is 9.11. The van der Waals surface area contributed by atoms with Crippen LogP contribution in [-0.2, 0) is 4.79 Å². The molecule has 3 rings (SSSR count). The summed E-state index contributed by atoms with van der Waals surface area (Å²) in [5.74, 6) is 0.317. The molecule has 4 heteroatoms. The van der Waals surface area contributed by atoms with Gasteiger partial charge in [0.25, 0.3) is 0 Å². The molecule has 0 aromatic rings. The van der Waals surface area contributed by atoms with E-state index in [9.17, 15) is 4.79 Å². The van der Waals surface area contributed by atoms with Crippen LogP contribution in [0.5, 0.6) is 0 Å². The molecule has 0 radical (unpaired) electrons. The van der Waals surface area contributed by atoms with E-state index in [1.807, 2.05) is 0 Å². The zero-order valence-electron chi connectivity index (χ0n) is 11.9. The predicted molar refractivity (Wildman–Crippen MR) is 76.1 cm³/mol. The molecule has 2 heterocycles. The molecular formula is C15H27N3O. The third-order valence-corrected chi connectivity index (χ3v) is 5.09. The second-order valence-corrected chi connectivity index (χ2v) is 6.39. The molecule has 1 N–H and O–H groups in total. The lowest BCUT2D eigenvalue weighted by Gasteiger charge is -2.44. The molecule has 0 spiro atoms. The number of nitrogens with zero attached hydrogens (tertiary/aromatic N) is 2. The van der Waals surface area contributed by atoms with Crippen LogP contribution >= 0.6 is 0 Å². The van der Waals surface area contributed by atoms with E-state index in [1.165, 1.54) is 51.5 Å². The molecule has 0 aromatic heterocycles. The molecule has 1 atom stereocenters. The standard InChI is InChI=1S/C15H27N3O/c19-15(11-16-13-5-1-2-6-13)18-10-9-17-8-4-3-7-14(17)12-18/h13-14,16H,1-12H2. The van der Waals surface area contributed by atoms with Crippen molar-refractivity contribution in [2.75, 3.05) is 32.7 Å². The summed E-state index contributed by atoms with van der Waals surface area (Å²) < 4.78 is 0. The highest BCUT2D eigenvalue weighted by Gasteiger charge is 2.30. The number of piperidine rings is 1. The monoisotopic (exact) mass is 265 g/mol. The molecule has 0 bridgehead atoms. The average molecular weight is 265 g/mol. The summed E-state index contributed by atoms with van der Waals surface area (Å²) >= 11 is 0. The van der Waals surface area contributed by atoms with Crippen LogP contribution in [0.2, 0.25) is 0 Å². The van der Waals surface area contributed by atoms with Gasteiger partial charge in [0.05, 0.1) is 6.54 Å². The molecule has 0 aromatic carbocycles. The highest BCUT2D eigenvalue weighted by Crippen LogP contribution is 2.21. The summed E-state index contributed by atoms with van der Waals surface area (Å²) in [6, 6.07) is 1.23. The van der Waals surface area contributed by atoms with Gasteiger partial charge in [-0.1, -0.05) is 19.3 Å². The van der Waals surface area contributed by atoms with Crippen molar-refractivity contribution in [1.29, 1.82) is 0 Å². The first kappa shape index (κ1) is 13.4. The van der Waals surface area contributed by atoms with Crippen molar-refractivity contribution < 1.29 is 4.79 Å². The first-order chi connectivity index (χ1) is 9.33. The Morgan fingerprint density at radius 3 is 2.63 bits per heavy atom. The van der Waals surface area contributed by atoms with E-state index >= 15 is 0 Å². The summed E-state index contributed by atoms with van der Waals surface area (Å²) in [5.41, 5.74) is 0. The zero-order valence-corrected chi connectivity index (χ0v) is 11.9. The van der Waals surface area contributed by atoms with Gasteiger partial charge >= 0.3 is 0 Å². The fourth-order valence-corrected chi connectivity index (χ4v) is 3.86. The number of hydrogen-bond acceptors (Lipinski definition) is 3. The second kappa shape index (κ2) is 6.23. The first-order valence-corrected chi connectivity index (χ1v) is 8.08. The zero-order chi connectivity index (χ0) is 13.1. The number of carbonyl (C=O) groups excluding carboxylic acids is 1. The Bertz CT molecular complexity index is 315. The lowest BCUT2D eigenvalue weighted by molar-refractivity contribution is -0.133. The van der Waals surface area contributed by atoms with Crippen molar-refractivity contribution in [3.05, 3.63) is 0 Å². The van der Waals surface area contributed by atoms with Gasteiger partial charge in [-0.3, -0.25) is 9.69 Å². The molecule has 1 aliphatic carbocycles. The molecule has 4 nitrogen and oxygen atoms in total. The summed E-state index contributed by atoms with van der Waals surface area (Å²) in [6.45, 7) is 4.77. The maximum Gasteiger partial charge on any atom is 0.236 e. The Hall–Kier alpha value is -0.610. The molecule has 19 heavy (non-hydrogen) atoms.